The van der Waals surface area contributed by atoms with Gasteiger partial charge in [0.2, 0.25) is 11.8 Å². The minimum absolute atomic E-state index is 0.0479. The number of amides is 1. The standard InChI is InChI=1S/C19H21NO6/c1-4-24-19(23)17-16(12(2)21)13(3)26-18(17)20-15(22)10-11-25-14-8-6-5-7-9-14/h5-9H,4,10-11H2,1-3H3,(H,20,22). The Morgan fingerprint density at radius 3 is 2.42 bits per heavy atom. The number of para-hydroxylation sites is 1. The first-order valence-corrected chi connectivity index (χ1v) is 8.23. The maximum Gasteiger partial charge on any atom is 0.344 e. The Kier molecular flexibility index (Phi) is 6.54. The van der Waals surface area contributed by atoms with Crippen LogP contribution >= 0.6 is 0 Å². The molecule has 1 aromatic heterocycles. The third-order valence-corrected chi connectivity index (χ3v) is 3.51. The molecular weight excluding hydrogens is 338 g/mol. The molecule has 7 heteroatoms. The lowest BCUT2D eigenvalue weighted by Crippen LogP contribution is -2.18. The number of hydrogen-bond acceptors (Lipinski definition) is 6. The smallest absolute Gasteiger partial charge is 0.344 e. The second-order valence-electron chi connectivity index (χ2n) is 5.47. The molecule has 1 aromatic carbocycles. The Labute approximate surface area is 151 Å². The fourth-order valence-electron chi connectivity index (χ4n) is 2.42. The molecule has 138 valence electrons. The normalized spacial score (nSPS) is 10.3. The third kappa shape index (κ3) is 4.72. The summed E-state index contributed by atoms with van der Waals surface area (Å²) < 4.78 is 15.8. The minimum Gasteiger partial charge on any atom is -0.493 e. The molecule has 26 heavy (non-hydrogen) atoms. The molecular formula is C19H21NO6. The maximum absolute atomic E-state index is 12.2. The number of hydrogen-bond donors (Lipinski definition) is 1. The van der Waals surface area contributed by atoms with Crippen LogP contribution in [0.3, 0.4) is 0 Å². The van der Waals surface area contributed by atoms with Crippen LogP contribution in [0.25, 0.3) is 0 Å². The number of benzene rings is 1. The number of Topliss-reactive ketones (excluding diaryl/α,β-unsaturated/α-hetero) is 1. The van der Waals surface area contributed by atoms with Gasteiger partial charge in [0.1, 0.15) is 17.1 Å². The van der Waals surface area contributed by atoms with E-state index in [1.807, 2.05) is 18.2 Å². The van der Waals surface area contributed by atoms with Gasteiger partial charge in [-0.25, -0.2) is 4.79 Å². The third-order valence-electron chi connectivity index (χ3n) is 3.51. The van der Waals surface area contributed by atoms with Crippen molar-refractivity contribution in [3.8, 4) is 5.75 Å². The summed E-state index contributed by atoms with van der Waals surface area (Å²) in [5.74, 6) is -0.657. The van der Waals surface area contributed by atoms with Gasteiger partial charge in [-0.2, -0.15) is 0 Å². The molecule has 0 spiro atoms. The summed E-state index contributed by atoms with van der Waals surface area (Å²) in [7, 11) is 0. The Balaban J connectivity index is 2.07. The molecule has 0 aliphatic heterocycles. The maximum atomic E-state index is 12.2. The van der Waals surface area contributed by atoms with Crippen LogP contribution in [0.4, 0.5) is 5.88 Å². The van der Waals surface area contributed by atoms with Crippen molar-refractivity contribution in [1.82, 2.24) is 0 Å². The fraction of sp³-hybridized carbons (Fsp3) is 0.316. The molecule has 0 radical (unpaired) electrons. The van der Waals surface area contributed by atoms with Crippen molar-refractivity contribution in [2.45, 2.75) is 27.2 Å². The highest BCUT2D eigenvalue weighted by Gasteiger charge is 2.28. The molecule has 1 N–H and O–H groups in total. The molecule has 0 aliphatic carbocycles. The van der Waals surface area contributed by atoms with E-state index in [1.165, 1.54) is 6.92 Å². The van der Waals surface area contributed by atoms with Crippen LogP contribution < -0.4 is 10.1 Å². The van der Waals surface area contributed by atoms with E-state index >= 15 is 0 Å². The molecule has 0 bridgehead atoms. The van der Waals surface area contributed by atoms with Gasteiger partial charge in [-0.15, -0.1) is 0 Å². The number of ether oxygens (including phenoxy) is 2. The Bertz CT molecular complexity index is 794. The van der Waals surface area contributed by atoms with E-state index in [9.17, 15) is 14.4 Å². The van der Waals surface area contributed by atoms with Gasteiger partial charge in [0.25, 0.3) is 0 Å². The molecule has 1 amide bonds. The molecule has 0 saturated carbocycles. The van der Waals surface area contributed by atoms with Crippen LogP contribution in [-0.4, -0.2) is 30.9 Å². The van der Waals surface area contributed by atoms with E-state index in [2.05, 4.69) is 5.32 Å². The monoisotopic (exact) mass is 359 g/mol. The van der Waals surface area contributed by atoms with Gasteiger partial charge in [-0.05, 0) is 32.9 Å². The average molecular weight is 359 g/mol. The molecule has 2 aromatic rings. The Morgan fingerprint density at radius 2 is 1.81 bits per heavy atom. The molecule has 2 rings (SSSR count). The largest absolute Gasteiger partial charge is 0.493 e. The van der Waals surface area contributed by atoms with E-state index in [0.29, 0.717) is 5.75 Å². The van der Waals surface area contributed by atoms with Crippen LogP contribution in [0.2, 0.25) is 0 Å². The number of nitrogens with one attached hydrogen (secondary N) is 1. The van der Waals surface area contributed by atoms with Crippen molar-refractivity contribution in [3.63, 3.8) is 0 Å². The highest BCUT2D eigenvalue weighted by molar-refractivity contribution is 6.10. The van der Waals surface area contributed by atoms with Crippen LogP contribution in [-0.2, 0) is 9.53 Å². The SMILES string of the molecule is CCOC(=O)c1c(NC(=O)CCOc2ccccc2)oc(C)c1C(C)=O. The summed E-state index contributed by atoms with van der Waals surface area (Å²) >= 11 is 0. The molecule has 0 aliphatic rings. The van der Waals surface area contributed by atoms with Crippen molar-refractivity contribution in [2.75, 3.05) is 18.5 Å². The number of esters is 1. The van der Waals surface area contributed by atoms with Gasteiger partial charge >= 0.3 is 5.97 Å². The first-order chi connectivity index (χ1) is 12.4. The highest BCUT2D eigenvalue weighted by atomic mass is 16.5. The topological polar surface area (TPSA) is 94.8 Å². The summed E-state index contributed by atoms with van der Waals surface area (Å²) in [4.78, 5) is 36.1. The number of carbonyl (C=O) groups excluding carboxylic acids is 3. The second kappa shape index (κ2) is 8.84. The first kappa shape index (κ1) is 19.2. The fourth-order valence-corrected chi connectivity index (χ4v) is 2.42. The van der Waals surface area contributed by atoms with E-state index in [1.54, 1.807) is 26.0 Å². The van der Waals surface area contributed by atoms with Crippen molar-refractivity contribution in [3.05, 3.63) is 47.2 Å². The van der Waals surface area contributed by atoms with Gasteiger partial charge in [-0.1, -0.05) is 18.2 Å². The van der Waals surface area contributed by atoms with Crippen LogP contribution in [0.1, 0.15) is 46.7 Å². The van der Waals surface area contributed by atoms with E-state index < -0.39 is 11.9 Å². The zero-order valence-corrected chi connectivity index (χ0v) is 15.0. The summed E-state index contributed by atoms with van der Waals surface area (Å²) in [5.41, 5.74) is 0.0495. The average Bonchev–Trinajstić information content (AvgIpc) is 2.92. The summed E-state index contributed by atoms with van der Waals surface area (Å²) in [5, 5.41) is 2.51. The predicted molar refractivity (Wildman–Crippen MR) is 94.6 cm³/mol. The first-order valence-electron chi connectivity index (χ1n) is 8.23. The van der Waals surface area contributed by atoms with Crippen LogP contribution in [0.15, 0.2) is 34.7 Å². The van der Waals surface area contributed by atoms with Crippen molar-refractivity contribution in [1.29, 1.82) is 0 Å². The number of aryl methyl sites for hydroxylation is 1. The van der Waals surface area contributed by atoms with Gasteiger partial charge in [0, 0.05) is 0 Å². The van der Waals surface area contributed by atoms with Gasteiger partial charge < -0.3 is 13.9 Å². The van der Waals surface area contributed by atoms with Crippen molar-refractivity contribution in [2.24, 2.45) is 0 Å². The van der Waals surface area contributed by atoms with Crippen LogP contribution in [0.5, 0.6) is 5.75 Å². The lowest BCUT2D eigenvalue weighted by Gasteiger charge is -2.07. The molecule has 0 saturated heterocycles. The van der Waals surface area contributed by atoms with Gasteiger partial charge in [-0.3, -0.25) is 14.9 Å². The zero-order chi connectivity index (χ0) is 19.1. The minimum atomic E-state index is -0.717. The highest BCUT2D eigenvalue weighted by Crippen LogP contribution is 2.28. The second-order valence-corrected chi connectivity index (χ2v) is 5.47. The van der Waals surface area contributed by atoms with Gasteiger partial charge in [0.15, 0.2) is 5.78 Å². The Morgan fingerprint density at radius 1 is 1.12 bits per heavy atom. The molecule has 7 nitrogen and oxygen atoms in total. The molecule has 0 atom stereocenters. The van der Waals surface area contributed by atoms with E-state index in [4.69, 9.17) is 13.9 Å². The lowest BCUT2D eigenvalue weighted by molar-refractivity contribution is -0.116. The van der Waals surface area contributed by atoms with E-state index in [0.717, 1.165) is 0 Å². The summed E-state index contributed by atoms with van der Waals surface area (Å²) in [6.45, 7) is 4.81. The van der Waals surface area contributed by atoms with Crippen molar-refractivity contribution < 1.29 is 28.3 Å². The molecule has 0 unspecified atom stereocenters. The number of carbonyl (C=O) groups is 3. The Hall–Kier alpha value is -3.09. The predicted octanol–water partition coefficient (Wildman–Crippen LogP) is 3.37. The summed E-state index contributed by atoms with van der Waals surface area (Å²) in [6, 6.07) is 9.09. The van der Waals surface area contributed by atoms with Crippen molar-refractivity contribution >= 4 is 23.5 Å². The number of ketones is 1. The quantitative estimate of drug-likeness (QED) is 0.573. The zero-order valence-electron chi connectivity index (χ0n) is 15.0. The molecule has 0 fully saturated rings. The molecule has 1 heterocycles. The number of rotatable bonds is 8. The number of furan rings is 1. The van der Waals surface area contributed by atoms with Crippen LogP contribution in [0, 0.1) is 6.92 Å². The van der Waals surface area contributed by atoms with Gasteiger partial charge in [0.05, 0.1) is 25.2 Å². The number of anilines is 1. The lowest BCUT2D eigenvalue weighted by atomic mass is 10.1. The van der Waals surface area contributed by atoms with E-state index in [-0.39, 0.29) is 48.2 Å². The summed E-state index contributed by atoms with van der Waals surface area (Å²) in [6.07, 6.45) is 0.0479.